The molecule has 1 aliphatic carbocycles. The molecule has 0 unspecified atom stereocenters. The topological polar surface area (TPSA) is 9.23 Å². The van der Waals surface area contributed by atoms with Crippen LogP contribution in [0.25, 0.3) is 0 Å². The van der Waals surface area contributed by atoms with Crippen molar-refractivity contribution in [3.05, 3.63) is 35.4 Å². The molecule has 0 aromatic heterocycles. The molecule has 0 saturated heterocycles. The van der Waals surface area contributed by atoms with Crippen LogP contribution < -0.4 is 0 Å². The third kappa shape index (κ3) is 7.08. The van der Waals surface area contributed by atoms with Gasteiger partial charge in [0.05, 0.1) is 6.61 Å². The molecule has 0 heterocycles. The maximum absolute atomic E-state index is 5.94. The van der Waals surface area contributed by atoms with Crippen molar-refractivity contribution in [2.24, 2.45) is 22.7 Å². The summed E-state index contributed by atoms with van der Waals surface area (Å²) in [5, 5.41) is 0. The van der Waals surface area contributed by atoms with Gasteiger partial charge in [-0.05, 0) is 59.5 Å². The summed E-state index contributed by atoms with van der Waals surface area (Å²) in [5.41, 5.74) is 3.55. The van der Waals surface area contributed by atoms with E-state index in [1.807, 2.05) is 0 Å². The highest BCUT2D eigenvalue weighted by molar-refractivity contribution is 5.22. The Labute approximate surface area is 143 Å². The molecule has 23 heavy (non-hydrogen) atoms. The number of benzene rings is 1. The van der Waals surface area contributed by atoms with Crippen LogP contribution in [0.15, 0.2) is 24.3 Å². The molecule has 1 aromatic carbocycles. The quantitative estimate of drug-likeness (QED) is 0.602. The van der Waals surface area contributed by atoms with E-state index in [4.69, 9.17) is 4.74 Å². The van der Waals surface area contributed by atoms with Crippen LogP contribution in [0.2, 0.25) is 0 Å². The van der Waals surface area contributed by atoms with E-state index in [0.29, 0.717) is 10.8 Å². The summed E-state index contributed by atoms with van der Waals surface area (Å²) in [6.07, 6.45) is 5.22. The highest BCUT2D eigenvalue weighted by Crippen LogP contribution is 2.41. The molecule has 1 heteroatoms. The van der Waals surface area contributed by atoms with Crippen molar-refractivity contribution < 1.29 is 4.74 Å². The Morgan fingerprint density at radius 1 is 0.826 bits per heavy atom. The molecule has 0 atom stereocenters. The molecular weight excluding hydrogens is 280 g/mol. The van der Waals surface area contributed by atoms with Crippen LogP contribution in [-0.4, -0.2) is 6.61 Å². The van der Waals surface area contributed by atoms with E-state index < -0.39 is 0 Å². The average Bonchev–Trinajstić information content (AvgIpc) is 2.34. The van der Waals surface area contributed by atoms with Crippen molar-refractivity contribution in [2.45, 2.75) is 73.8 Å². The summed E-state index contributed by atoms with van der Waals surface area (Å²) in [7, 11) is 0. The normalized spacial score (nSPS) is 22.0. The van der Waals surface area contributed by atoms with Gasteiger partial charge in [-0.1, -0.05) is 65.8 Å². The number of rotatable bonds is 6. The van der Waals surface area contributed by atoms with E-state index in [2.05, 4.69) is 65.8 Å². The highest BCUT2D eigenvalue weighted by Gasteiger charge is 2.31. The molecule has 1 aliphatic rings. The van der Waals surface area contributed by atoms with Crippen molar-refractivity contribution in [1.82, 2.24) is 0 Å². The second-order valence-electron chi connectivity index (χ2n) is 10.0. The Bertz CT molecular complexity index is 466. The van der Waals surface area contributed by atoms with Crippen LogP contribution in [0.4, 0.5) is 0 Å². The molecule has 1 aromatic rings. The zero-order valence-electron chi connectivity index (χ0n) is 16.1. The minimum absolute atomic E-state index is 0.353. The maximum Gasteiger partial charge on any atom is 0.0717 e. The smallest absolute Gasteiger partial charge is 0.0717 e. The zero-order chi connectivity index (χ0) is 17.1. The Kier molecular flexibility index (Phi) is 5.94. The molecule has 1 saturated carbocycles. The third-order valence-corrected chi connectivity index (χ3v) is 4.61. The Morgan fingerprint density at radius 3 is 1.91 bits per heavy atom. The van der Waals surface area contributed by atoms with E-state index in [1.54, 1.807) is 0 Å². The van der Waals surface area contributed by atoms with Gasteiger partial charge < -0.3 is 4.74 Å². The molecule has 0 bridgehead atoms. The lowest BCUT2D eigenvalue weighted by Gasteiger charge is -2.38. The van der Waals surface area contributed by atoms with Crippen molar-refractivity contribution in [2.75, 3.05) is 6.61 Å². The van der Waals surface area contributed by atoms with Gasteiger partial charge in [-0.15, -0.1) is 0 Å². The van der Waals surface area contributed by atoms with Gasteiger partial charge in [0.1, 0.15) is 0 Å². The summed E-state index contributed by atoms with van der Waals surface area (Å²) < 4.78 is 5.94. The molecule has 0 radical (unpaired) electrons. The van der Waals surface area contributed by atoms with E-state index >= 15 is 0 Å². The lowest BCUT2D eigenvalue weighted by molar-refractivity contribution is 0.0234. The molecule has 2 rings (SSSR count). The van der Waals surface area contributed by atoms with Crippen LogP contribution in [0.5, 0.6) is 0 Å². The molecule has 0 N–H and O–H groups in total. The maximum atomic E-state index is 5.94. The fourth-order valence-corrected chi connectivity index (χ4v) is 3.75. The number of hydrogen-bond donors (Lipinski definition) is 0. The van der Waals surface area contributed by atoms with Gasteiger partial charge in [-0.2, -0.15) is 0 Å². The molecule has 130 valence electrons. The minimum Gasteiger partial charge on any atom is -0.376 e. The molecular formula is C22H36O. The van der Waals surface area contributed by atoms with Crippen LogP contribution in [0.1, 0.15) is 71.9 Å². The van der Waals surface area contributed by atoms with Crippen LogP contribution >= 0.6 is 0 Å². The first-order valence-corrected chi connectivity index (χ1v) is 9.26. The fraction of sp³-hybridized carbons (Fsp3) is 0.727. The molecule has 0 amide bonds. The van der Waals surface area contributed by atoms with Gasteiger partial charge in [0.25, 0.3) is 0 Å². The van der Waals surface area contributed by atoms with Gasteiger partial charge in [0, 0.05) is 6.61 Å². The third-order valence-electron chi connectivity index (χ3n) is 4.61. The van der Waals surface area contributed by atoms with Crippen molar-refractivity contribution >= 4 is 0 Å². The average molecular weight is 317 g/mol. The predicted molar refractivity (Wildman–Crippen MR) is 99.5 cm³/mol. The summed E-state index contributed by atoms with van der Waals surface area (Å²) >= 11 is 0. The van der Waals surface area contributed by atoms with Crippen molar-refractivity contribution in [3.8, 4) is 0 Å². The van der Waals surface area contributed by atoms with Gasteiger partial charge in [0.15, 0.2) is 0 Å². The molecule has 0 aliphatic heterocycles. The first-order valence-electron chi connectivity index (χ1n) is 9.26. The number of hydrogen-bond acceptors (Lipinski definition) is 1. The summed E-state index contributed by atoms with van der Waals surface area (Å²) in [5.74, 6) is 1.72. The first-order chi connectivity index (χ1) is 10.6. The van der Waals surface area contributed by atoms with Crippen molar-refractivity contribution in [3.63, 3.8) is 0 Å². The van der Waals surface area contributed by atoms with Gasteiger partial charge in [0.2, 0.25) is 0 Å². The largest absolute Gasteiger partial charge is 0.376 e. The SMILES string of the molecule is CC(C)(C)Cc1ccc(COCC2CC(CC(C)(C)C)C2)cc1. The van der Waals surface area contributed by atoms with E-state index in [9.17, 15) is 0 Å². The highest BCUT2D eigenvalue weighted by atomic mass is 16.5. The first kappa shape index (κ1) is 18.5. The molecule has 1 fully saturated rings. The summed E-state index contributed by atoms with van der Waals surface area (Å²) in [4.78, 5) is 0. The van der Waals surface area contributed by atoms with Crippen LogP contribution in [0.3, 0.4) is 0 Å². The molecule has 0 spiro atoms. The van der Waals surface area contributed by atoms with Crippen molar-refractivity contribution in [1.29, 1.82) is 0 Å². The van der Waals surface area contributed by atoms with Crippen LogP contribution in [-0.2, 0) is 17.8 Å². The zero-order valence-corrected chi connectivity index (χ0v) is 16.1. The standard InChI is InChI=1S/C22H36O/c1-21(2,3)13-17-7-9-18(10-8-17)15-23-16-20-11-19(12-20)14-22(4,5)6/h7-10,19-20H,11-16H2,1-6H3. The van der Waals surface area contributed by atoms with E-state index in [1.165, 1.54) is 30.4 Å². The second kappa shape index (κ2) is 7.38. The molecule has 1 nitrogen and oxygen atoms in total. The van der Waals surface area contributed by atoms with Gasteiger partial charge in [-0.25, -0.2) is 0 Å². The summed E-state index contributed by atoms with van der Waals surface area (Å²) in [6, 6.07) is 8.97. The summed E-state index contributed by atoms with van der Waals surface area (Å²) in [6.45, 7) is 15.6. The van der Waals surface area contributed by atoms with Crippen LogP contribution in [0, 0.1) is 22.7 Å². The Morgan fingerprint density at radius 2 is 1.39 bits per heavy atom. The van der Waals surface area contributed by atoms with Gasteiger partial charge >= 0.3 is 0 Å². The predicted octanol–water partition coefficient (Wildman–Crippen LogP) is 6.25. The fourth-order valence-electron chi connectivity index (χ4n) is 3.75. The minimum atomic E-state index is 0.353. The second-order valence-corrected chi connectivity index (χ2v) is 10.0. The monoisotopic (exact) mass is 316 g/mol. The number of ether oxygens (including phenoxy) is 1. The Hall–Kier alpha value is -0.820. The van der Waals surface area contributed by atoms with E-state index in [-0.39, 0.29) is 0 Å². The Balaban J connectivity index is 1.64. The lowest BCUT2D eigenvalue weighted by Crippen LogP contribution is -2.30. The van der Waals surface area contributed by atoms with Gasteiger partial charge in [-0.3, -0.25) is 0 Å². The van der Waals surface area contributed by atoms with E-state index in [0.717, 1.165) is 31.5 Å². The lowest BCUT2D eigenvalue weighted by atomic mass is 9.69.